The Balaban J connectivity index is 2.46. The lowest BCUT2D eigenvalue weighted by Gasteiger charge is -2.50. The Hall–Kier alpha value is -4.85. The highest BCUT2D eigenvalue weighted by atomic mass is 16.8. The predicted octanol–water partition coefficient (Wildman–Crippen LogP) is 11.3. The molecule has 11 atom stereocenters. The SMILES string of the molecule is CCCCCCCCC(C)CCCCCCCC(=O)OC1C(COC(=O)CCCCCCCCCC(C)CCCCCC)OC(OC2C(OC(C)=O)C(OC(C)=O)C(OC(C)=O)C(OC(C)=O)C2OC(C)=O)C(OC(C)=O)C1OC(C)=O. The van der Waals surface area contributed by atoms with Crippen molar-refractivity contribution in [1.29, 1.82) is 0 Å². The third-order valence-electron chi connectivity index (χ3n) is 14.9. The molecule has 0 N–H and O–H groups in total. The van der Waals surface area contributed by atoms with Gasteiger partial charge in [0.2, 0.25) is 0 Å². The summed E-state index contributed by atoms with van der Waals surface area (Å²) in [6.07, 6.45) is 8.81. The molecule has 2 fully saturated rings. The quantitative estimate of drug-likeness (QED) is 0.0313. The van der Waals surface area contributed by atoms with E-state index in [0.717, 1.165) is 119 Å². The van der Waals surface area contributed by atoms with Gasteiger partial charge in [-0.3, -0.25) is 43.2 Å². The first-order chi connectivity index (χ1) is 39.1. The van der Waals surface area contributed by atoms with E-state index in [0.29, 0.717) is 18.8 Å². The van der Waals surface area contributed by atoms with Crippen LogP contribution in [-0.2, 0) is 95.3 Å². The van der Waals surface area contributed by atoms with Gasteiger partial charge in [-0.05, 0) is 24.7 Å². The van der Waals surface area contributed by atoms with Crippen LogP contribution in [0.5, 0.6) is 0 Å². The van der Waals surface area contributed by atoms with E-state index in [1.165, 1.54) is 89.9 Å². The number of carbonyl (C=O) groups excluding carboxylic acids is 9. The molecule has 0 aromatic carbocycles. The third-order valence-corrected chi connectivity index (χ3v) is 14.9. The summed E-state index contributed by atoms with van der Waals surface area (Å²) in [5, 5.41) is 0. The molecule has 0 aromatic heterocycles. The summed E-state index contributed by atoms with van der Waals surface area (Å²) in [6, 6.07) is 0. The zero-order chi connectivity index (χ0) is 61.0. The highest BCUT2D eigenvalue weighted by Crippen LogP contribution is 2.38. The summed E-state index contributed by atoms with van der Waals surface area (Å²) in [6.45, 7) is 15.6. The summed E-state index contributed by atoms with van der Waals surface area (Å²) in [5.41, 5.74) is 0. The Morgan fingerprint density at radius 2 is 0.610 bits per heavy atom. The van der Waals surface area contributed by atoms with Crippen LogP contribution >= 0.6 is 0 Å². The molecule has 2 rings (SSSR count). The van der Waals surface area contributed by atoms with Gasteiger partial charge >= 0.3 is 53.7 Å². The maximum atomic E-state index is 13.9. The highest BCUT2D eigenvalue weighted by molar-refractivity contribution is 5.72. The van der Waals surface area contributed by atoms with E-state index in [2.05, 4.69) is 27.7 Å². The minimum Gasteiger partial charge on any atom is -0.463 e. The summed E-state index contributed by atoms with van der Waals surface area (Å²) in [7, 11) is 0. The second kappa shape index (κ2) is 42.0. The smallest absolute Gasteiger partial charge is 0.306 e. The maximum absolute atomic E-state index is 13.9. The fraction of sp³-hybridized carbons (Fsp3) is 0.855. The molecule has 0 spiro atoms. The number of hydrogen-bond acceptors (Lipinski definition) is 20. The van der Waals surface area contributed by atoms with Crippen LogP contribution in [-0.4, -0.2) is 128 Å². The molecule has 1 saturated carbocycles. The van der Waals surface area contributed by atoms with Gasteiger partial charge in [0, 0.05) is 61.3 Å². The van der Waals surface area contributed by atoms with Crippen molar-refractivity contribution in [3.63, 3.8) is 0 Å². The van der Waals surface area contributed by atoms with Crippen molar-refractivity contribution in [2.45, 2.75) is 323 Å². The van der Waals surface area contributed by atoms with Crippen LogP contribution in [0, 0.1) is 11.8 Å². The summed E-state index contributed by atoms with van der Waals surface area (Å²) >= 11 is 0. The topological polar surface area (TPSA) is 255 Å². The fourth-order valence-electron chi connectivity index (χ4n) is 10.8. The van der Waals surface area contributed by atoms with Crippen molar-refractivity contribution in [3.8, 4) is 0 Å². The Bertz CT molecular complexity index is 1860. The van der Waals surface area contributed by atoms with Crippen molar-refractivity contribution in [2.24, 2.45) is 11.8 Å². The lowest BCUT2D eigenvalue weighted by atomic mass is 9.83. The molecule has 1 saturated heterocycles. The van der Waals surface area contributed by atoms with Gasteiger partial charge in [0.15, 0.2) is 55.1 Å². The molecule has 20 nitrogen and oxygen atoms in total. The summed E-state index contributed by atoms with van der Waals surface area (Å²) in [5.74, 6) is -6.75. The van der Waals surface area contributed by atoms with Gasteiger partial charge in [-0.25, -0.2) is 0 Å². The fourth-order valence-corrected chi connectivity index (χ4v) is 10.8. The van der Waals surface area contributed by atoms with E-state index in [-0.39, 0.29) is 12.8 Å². The molecule has 2 aliphatic rings. The largest absolute Gasteiger partial charge is 0.463 e. The highest BCUT2D eigenvalue weighted by Gasteiger charge is 2.62. The van der Waals surface area contributed by atoms with Crippen LogP contribution in [0.1, 0.15) is 256 Å². The lowest BCUT2D eigenvalue weighted by Crippen LogP contribution is -2.70. The molecule has 1 heterocycles. The molecule has 0 bridgehead atoms. The number of esters is 9. The third kappa shape index (κ3) is 30.6. The average Bonchev–Trinajstić information content (AvgIpc) is 3.43. The standard InChI is InChI=1S/C62H104O20/c1-12-14-16-18-23-29-35-42(4)37-31-25-22-27-33-39-52(71)81-53-50(40-72-51(70)38-32-26-21-19-20-24-30-36-41(3)34-28-17-15-13-2)80-62(61(79-49(11)69)54(53)73-43(5)63)82-60-58(77-47(9)67)56(75-45(7)65)55(74-44(6)64)57(76-46(8)66)59(60)78-48(10)68/h41-42,50,53-62H,12-40H2,1-11H3. The summed E-state index contributed by atoms with van der Waals surface area (Å²) in [4.78, 5) is 117. The van der Waals surface area contributed by atoms with E-state index in [1.807, 2.05) is 0 Å². The average molecular weight is 1170 g/mol. The first kappa shape index (κ1) is 73.3. The molecule has 82 heavy (non-hydrogen) atoms. The van der Waals surface area contributed by atoms with E-state index < -0.39 is 128 Å². The maximum Gasteiger partial charge on any atom is 0.306 e. The van der Waals surface area contributed by atoms with E-state index in [1.54, 1.807) is 0 Å². The van der Waals surface area contributed by atoms with Gasteiger partial charge < -0.3 is 52.1 Å². The zero-order valence-corrected chi connectivity index (χ0v) is 51.7. The van der Waals surface area contributed by atoms with Gasteiger partial charge in [-0.15, -0.1) is 0 Å². The number of unbranched alkanes of at least 4 members (excludes halogenated alkanes) is 18. The molecule has 20 heteroatoms. The first-order valence-electron chi connectivity index (χ1n) is 30.9. The van der Waals surface area contributed by atoms with Crippen LogP contribution in [0.3, 0.4) is 0 Å². The van der Waals surface area contributed by atoms with Crippen molar-refractivity contribution in [2.75, 3.05) is 6.61 Å². The number of ether oxygens (including phenoxy) is 11. The number of hydrogen-bond donors (Lipinski definition) is 0. The van der Waals surface area contributed by atoms with E-state index in [9.17, 15) is 43.2 Å². The Kier molecular flexibility index (Phi) is 37.5. The van der Waals surface area contributed by atoms with Crippen molar-refractivity contribution in [3.05, 3.63) is 0 Å². The van der Waals surface area contributed by atoms with Crippen LogP contribution < -0.4 is 0 Å². The number of carbonyl (C=O) groups is 9. The van der Waals surface area contributed by atoms with Gasteiger partial charge in [0.05, 0.1) is 0 Å². The van der Waals surface area contributed by atoms with Gasteiger partial charge in [0.1, 0.15) is 18.8 Å². The Labute approximate surface area is 489 Å². The van der Waals surface area contributed by atoms with Crippen molar-refractivity contribution < 1.29 is 95.3 Å². The summed E-state index contributed by atoms with van der Waals surface area (Å²) < 4.78 is 64.4. The van der Waals surface area contributed by atoms with Gasteiger partial charge in [-0.2, -0.15) is 0 Å². The van der Waals surface area contributed by atoms with Crippen molar-refractivity contribution in [1.82, 2.24) is 0 Å². The number of rotatable bonds is 42. The van der Waals surface area contributed by atoms with Crippen LogP contribution in [0.25, 0.3) is 0 Å². The molecule has 0 aromatic rings. The van der Waals surface area contributed by atoms with Crippen molar-refractivity contribution >= 4 is 53.7 Å². The minimum absolute atomic E-state index is 0.0446. The molecular weight excluding hydrogens is 1060 g/mol. The molecule has 472 valence electrons. The normalized spacial score (nSPS) is 24.0. The Morgan fingerprint density at radius 1 is 0.329 bits per heavy atom. The van der Waals surface area contributed by atoms with Crippen LogP contribution in [0.2, 0.25) is 0 Å². The van der Waals surface area contributed by atoms with Crippen LogP contribution in [0.15, 0.2) is 0 Å². The van der Waals surface area contributed by atoms with Gasteiger partial charge in [0.25, 0.3) is 0 Å². The lowest BCUT2D eigenvalue weighted by molar-refractivity contribution is -0.343. The molecule has 0 radical (unpaired) electrons. The molecular formula is C62H104O20. The first-order valence-corrected chi connectivity index (χ1v) is 30.9. The second-order valence-corrected chi connectivity index (χ2v) is 22.7. The van der Waals surface area contributed by atoms with Crippen LogP contribution in [0.4, 0.5) is 0 Å². The predicted molar refractivity (Wildman–Crippen MR) is 302 cm³/mol. The molecule has 0 amide bonds. The minimum atomic E-state index is -1.98. The molecule has 1 aliphatic carbocycles. The van der Waals surface area contributed by atoms with E-state index in [4.69, 9.17) is 52.1 Å². The Morgan fingerprint density at radius 3 is 0.963 bits per heavy atom. The van der Waals surface area contributed by atoms with Gasteiger partial charge in [-0.1, -0.05) is 182 Å². The zero-order valence-electron chi connectivity index (χ0n) is 51.7. The molecule has 11 unspecified atom stereocenters. The molecule has 1 aliphatic heterocycles. The monoisotopic (exact) mass is 1170 g/mol. The second-order valence-electron chi connectivity index (χ2n) is 22.7. The van der Waals surface area contributed by atoms with E-state index >= 15 is 0 Å².